The van der Waals surface area contributed by atoms with Crippen molar-refractivity contribution in [3.05, 3.63) is 29.8 Å². The van der Waals surface area contributed by atoms with Crippen molar-refractivity contribution in [3.8, 4) is 0 Å². The number of ether oxygens (including phenoxy) is 2. The molecule has 2 fully saturated rings. The van der Waals surface area contributed by atoms with Gasteiger partial charge in [0.15, 0.2) is 0 Å². The number of benzene rings is 1. The van der Waals surface area contributed by atoms with Crippen LogP contribution < -0.4 is 5.32 Å². The first-order chi connectivity index (χ1) is 9.14. The van der Waals surface area contributed by atoms with Crippen molar-refractivity contribution in [2.75, 3.05) is 19.0 Å². The summed E-state index contributed by atoms with van der Waals surface area (Å²) in [6.45, 7) is 6.17. The zero-order chi connectivity index (χ0) is 13.5. The van der Waals surface area contributed by atoms with Gasteiger partial charge in [-0.15, -0.1) is 0 Å². The molecular formula is C16H23NO2. The van der Waals surface area contributed by atoms with Crippen LogP contribution in [-0.4, -0.2) is 25.9 Å². The van der Waals surface area contributed by atoms with Gasteiger partial charge in [-0.3, -0.25) is 0 Å². The Bertz CT molecular complexity index is 458. The first-order valence-electron chi connectivity index (χ1n) is 7.09. The van der Waals surface area contributed by atoms with Crippen LogP contribution >= 0.6 is 0 Å². The molecule has 1 saturated carbocycles. The molecule has 0 radical (unpaired) electrons. The fourth-order valence-electron chi connectivity index (χ4n) is 3.73. The molecule has 3 atom stereocenters. The van der Waals surface area contributed by atoms with E-state index in [2.05, 4.69) is 43.4 Å². The summed E-state index contributed by atoms with van der Waals surface area (Å²) < 4.78 is 11.1. The molecule has 1 aromatic carbocycles. The van der Waals surface area contributed by atoms with Gasteiger partial charge < -0.3 is 14.8 Å². The molecule has 19 heavy (non-hydrogen) atoms. The molecule has 1 N–H and O–H groups in total. The van der Waals surface area contributed by atoms with Crippen LogP contribution in [0.2, 0.25) is 0 Å². The monoisotopic (exact) mass is 261 g/mol. The molecule has 1 aliphatic carbocycles. The molecule has 3 unspecified atom stereocenters. The summed E-state index contributed by atoms with van der Waals surface area (Å²) in [7, 11) is 1.74. The van der Waals surface area contributed by atoms with Gasteiger partial charge in [0.1, 0.15) is 0 Å². The van der Waals surface area contributed by atoms with Gasteiger partial charge in [0, 0.05) is 42.3 Å². The Morgan fingerprint density at radius 3 is 2.95 bits per heavy atom. The number of hydrogen-bond donors (Lipinski definition) is 1. The average molecular weight is 261 g/mol. The first kappa shape index (κ1) is 12.9. The molecule has 3 rings (SSSR count). The Labute approximate surface area is 115 Å². The summed E-state index contributed by atoms with van der Waals surface area (Å²) in [6.07, 6.45) is 1.61. The van der Waals surface area contributed by atoms with E-state index in [4.69, 9.17) is 9.47 Å². The van der Waals surface area contributed by atoms with Crippen LogP contribution in [0.25, 0.3) is 0 Å². The Kier molecular flexibility index (Phi) is 3.27. The molecule has 3 nitrogen and oxygen atoms in total. The average Bonchev–Trinajstić information content (AvgIpc) is 2.85. The van der Waals surface area contributed by atoms with Gasteiger partial charge in [-0.1, -0.05) is 32.0 Å². The number of nitrogens with one attached hydrogen (secondary N) is 1. The van der Waals surface area contributed by atoms with E-state index >= 15 is 0 Å². The molecule has 3 heteroatoms. The Morgan fingerprint density at radius 2 is 2.16 bits per heavy atom. The molecule has 104 valence electrons. The first-order valence-corrected chi connectivity index (χ1v) is 7.09. The highest BCUT2D eigenvalue weighted by atomic mass is 16.5. The highest BCUT2D eigenvalue weighted by Crippen LogP contribution is 2.53. The predicted molar refractivity (Wildman–Crippen MR) is 76.2 cm³/mol. The van der Waals surface area contributed by atoms with Gasteiger partial charge >= 0.3 is 0 Å². The van der Waals surface area contributed by atoms with Crippen LogP contribution in [0, 0.1) is 11.3 Å². The number of fused-ring (bicyclic) bond motifs is 1. The van der Waals surface area contributed by atoms with E-state index in [0.717, 1.165) is 6.61 Å². The van der Waals surface area contributed by atoms with E-state index in [-0.39, 0.29) is 5.41 Å². The standard InChI is InChI=1S/C16H23NO2/c1-16(2)14(12-8-9-19-15(12)16)17-13-7-5-4-6-11(13)10-18-3/h4-7,12,14-15,17H,8-10H2,1-3H3. The summed E-state index contributed by atoms with van der Waals surface area (Å²) in [5, 5.41) is 3.73. The molecular weight excluding hydrogens is 238 g/mol. The maximum absolute atomic E-state index is 5.85. The second-order valence-corrected chi connectivity index (χ2v) is 6.28. The van der Waals surface area contributed by atoms with Gasteiger partial charge in [0.25, 0.3) is 0 Å². The van der Waals surface area contributed by atoms with Crippen LogP contribution in [0.15, 0.2) is 24.3 Å². The van der Waals surface area contributed by atoms with Gasteiger partial charge in [0.05, 0.1) is 12.7 Å². The molecule has 0 spiro atoms. The van der Waals surface area contributed by atoms with E-state index in [1.165, 1.54) is 17.7 Å². The Morgan fingerprint density at radius 1 is 1.37 bits per heavy atom. The summed E-state index contributed by atoms with van der Waals surface area (Å²) in [6, 6.07) is 8.91. The lowest BCUT2D eigenvalue weighted by Gasteiger charge is -2.55. The number of hydrogen-bond acceptors (Lipinski definition) is 3. The van der Waals surface area contributed by atoms with Crippen molar-refractivity contribution in [2.45, 2.75) is 39.0 Å². The third-order valence-electron chi connectivity index (χ3n) is 4.73. The quantitative estimate of drug-likeness (QED) is 0.903. The molecule has 0 amide bonds. The van der Waals surface area contributed by atoms with Crippen molar-refractivity contribution in [1.29, 1.82) is 0 Å². The third-order valence-corrected chi connectivity index (χ3v) is 4.73. The summed E-state index contributed by atoms with van der Waals surface area (Å²) in [5.41, 5.74) is 2.64. The Hall–Kier alpha value is -1.06. The van der Waals surface area contributed by atoms with Gasteiger partial charge in [-0.05, 0) is 12.5 Å². The second kappa shape index (κ2) is 4.80. The van der Waals surface area contributed by atoms with Crippen molar-refractivity contribution in [3.63, 3.8) is 0 Å². The summed E-state index contributed by atoms with van der Waals surface area (Å²) >= 11 is 0. The van der Waals surface area contributed by atoms with E-state index < -0.39 is 0 Å². The SMILES string of the molecule is COCc1ccccc1NC1C2CCOC2C1(C)C. The lowest BCUT2D eigenvalue weighted by Crippen LogP contribution is -2.63. The molecule has 1 aliphatic heterocycles. The zero-order valence-corrected chi connectivity index (χ0v) is 12.0. The van der Waals surface area contributed by atoms with Crippen LogP contribution in [0.1, 0.15) is 25.8 Å². The molecule has 0 aromatic heterocycles. The zero-order valence-electron chi connectivity index (χ0n) is 12.0. The number of methoxy groups -OCH3 is 1. The van der Waals surface area contributed by atoms with E-state index in [1.54, 1.807) is 7.11 Å². The number of anilines is 1. The van der Waals surface area contributed by atoms with Gasteiger partial charge in [0.2, 0.25) is 0 Å². The predicted octanol–water partition coefficient (Wildman–Crippen LogP) is 3.06. The lowest BCUT2D eigenvalue weighted by molar-refractivity contribution is -0.0923. The lowest BCUT2D eigenvalue weighted by atomic mass is 9.57. The minimum atomic E-state index is 0.210. The molecule has 0 bridgehead atoms. The third kappa shape index (κ3) is 2.05. The number of rotatable bonds is 4. The normalized spacial score (nSPS) is 31.6. The number of para-hydroxylation sites is 1. The van der Waals surface area contributed by atoms with E-state index in [0.29, 0.717) is 24.7 Å². The highest BCUT2D eigenvalue weighted by Gasteiger charge is 2.59. The minimum Gasteiger partial charge on any atom is -0.381 e. The van der Waals surface area contributed by atoms with Crippen molar-refractivity contribution in [1.82, 2.24) is 0 Å². The van der Waals surface area contributed by atoms with Crippen LogP contribution in [0.3, 0.4) is 0 Å². The maximum Gasteiger partial charge on any atom is 0.0733 e. The van der Waals surface area contributed by atoms with E-state index in [1.807, 2.05) is 0 Å². The van der Waals surface area contributed by atoms with Gasteiger partial charge in [-0.25, -0.2) is 0 Å². The fraction of sp³-hybridized carbons (Fsp3) is 0.625. The van der Waals surface area contributed by atoms with Crippen molar-refractivity contribution >= 4 is 5.69 Å². The molecule has 1 saturated heterocycles. The van der Waals surface area contributed by atoms with Crippen molar-refractivity contribution in [2.24, 2.45) is 11.3 Å². The van der Waals surface area contributed by atoms with Crippen LogP contribution in [-0.2, 0) is 16.1 Å². The largest absolute Gasteiger partial charge is 0.381 e. The Balaban J connectivity index is 1.78. The molecule has 2 aliphatic rings. The van der Waals surface area contributed by atoms with Crippen LogP contribution in [0.5, 0.6) is 0 Å². The fourth-order valence-corrected chi connectivity index (χ4v) is 3.73. The summed E-state index contributed by atoms with van der Waals surface area (Å²) in [4.78, 5) is 0. The summed E-state index contributed by atoms with van der Waals surface area (Å²) in [5.74, 6) is 0.658. The van der Waals surface area contributed by atoms with E-state index in [9.17, 15) is 0 Å². The second-order valence-electron chi connectivity index (χ2n) is 6.28. The van der Waals surface area contributed by atoms with Gasteiger partial charge in [-0.2, -0.15) is 0 Å². The maximum atomic E-state index is 5.85. The van der Waals surface area contributed by atoms with Crippen LogP contribution in [0.4, 0.5) is 5.69 Å². The highest BCUT2D eigenvalue weighted by molar-refractivity contribution is 5.53. The van der Waals surface area contributed by atoms with Crippen molar-refractivity contribution < 1.29 is 9.47 Å². The smallest absolute Gasteiger partial charge is 0.0733 e. The minimum absolute atomic E-state index is 0.210. The molecule has 1 aromatic rings. The molecule has 1 heterocycles. The topological polar surface area (TPSA) is 30.5 Å².